The van der Waals surface area contributed by atoms with E-state index in [2.05, 4.69) is 17.3 Å². The first-order valence-corrected chi connectivity index (χ1v) is 5.13. The van der Waals surface area contributed by atoms with Crippen LogP contribution >= 0.6 is 0 Å². The van der Waals surface area contributed by atoms with Crippen LogP contribution < -0.4 is 5.32 Å². The second-order valence-corrected chi connectivity index (χ2v) is 4.47. The van der Waals surface area contributed by atoms with Gasteiger partial charge in [0.15, 0.2) is 0 Å². The zero-order valence-corrected chi connectivity index (χ0v) is 8.05. The van der Waals surface area contributed by atoms with Crippen molar-refractivity contribution in [2.75, 3.05) is 33.2 Å². The third kappa shape index (κ3) is 1.64. The Balaban J connectivity index is 1.92. The van der Waals surface area contributed by atoms with Gasteiger partial charge in [-0.2, -0.15) is 0 Å². The van der Waals surface area contributed by atoms with E-state index in [9.17, 15) is 0 Å². The Hall–Kier alpha value is -0.0800. The number of likely N-dealkylation sites (tertiary alicyclic amines) is 1. The molecule has 1 radical (unpaired) electrons. The molecule has 0 aliphatic carbocycles. The fourth-order valence-electron chi connectivity index (χ4n) is 2.46. The van der Waals surface area contributed by atoms with Gasteiger partial charge in [0.25, 0.3) is 0 Å². The van der Waals surface area contributed by atoms with Crippen LogP contribution in [-0.2, 0) is 0 Å². The second kappa shape index (κ2) is 3.35. The van der Waals surface area contributed by atoms with Crippen LogP contribution in [0.5, 0.6) is 0 Å². The minimum Gasteiger partial charge on any atom is -0.306 e. The Kier molecular flexibility index (Phi) is 2.37. The molecular weight excluding hydrogens is 148 g/mol. The van der Waals surface area contributed by atoms with Gasteiger partial charge in [-0.15, -0.1) is 0 Å². The van der Waals surface area contributed by atoms with E-state index in [0.29, 0.717) is 5.41 Å². The van der Waals surface area contributed by atoms with E-state index in [-0.39, 0.29) is 0 Å². The molecule has 2 rings (SSSR count). The molecule has 2 aliphatic rings. The summed E-state index contributed by atoms with van der Waals surface area (Å²) in [7, 11) is 2.24. The van der Waals surface area contributed by atoms with Crippen molar-refractivity contribution in [2.45, 2.75) is 25.7 Å². The third-order valence-corrected chi connectivity index (χ3v) is 3.65. The molecule has 12 heavy (non-hydrogen) atoms. The molecule has 0 amide bonds. The highest BCUT2D eigenvalue weighted by atomic mass is 15.1. The van der Waals surface area contributed by atoms with Crippen LogP contribution in [0.15, 0.2) is 0 Å². The fourth-order valence-corrected chi connectivity index (χ4v) is 2.46. The van der Waals surface area contributed by atoms with Crippen molar-refractivity contribution in [2.24, 2.45) is 5.41 Å². The summed E-state index contributed by atoms with van der Waals surface area (Å²) in [6.45, 7) is 4.87. The highest BCUT2D eigenvalue weighted by molar-refractivity contribution is 4.88. The first-order valence-electron chi connectivity index (χ1n) is 5.13. The van der Waals surface area contributed by atoms with Gasteiger partial charge in [0.05, 0.1) is 0 Å². The number of piperidine rings is 2. The van der Waals surface area contributed by atoms with Crippen LogP contribution in [0.25, 0.3) is 0 Å². The maximum Gasteiger partial charge on any atom is 0.0138 e. The van der Waals surface area contributed by atoms with E-state index in [0.717, 1.165) is 13.1 Å². The van der Waals surface area contributed by atoms with Crippen LogP contribution in [0.2, 0.25) is 0 Å². The smallest absolute Gasteiger partial charge is 0.0138 e. The van der Waals surface area contributed by atoms with Crippen molar-refractivity contribution in [3.63, 3.8) is 0 Å². The normalized spacial score (nSPS) is 30.8. The summed E-state index contributed by atoms with van der Waals surface area (Å²) in [5, 5.41) is 4.43. The van der Waals surface area contributed by atoms with E-state index >= 15 is 0 Å². The van der Waals surface area contributed by atoms with E-state index in [1.807, 2.05) is 0 Å². The average Bonchev–Trinajstić information content (AvgIpc) is 2.13. The van der Waals surface area contributed by atoms with Crippen molar-refractivity contribution in [3.05, 3.63) is 0 Å². The first kappa shape index (κ1) is 8.52. The summed E-state index contributed by atoms with van der Waals surface area (Å²) >= 11 is 0. The summed E-state index contributed by atoms with van der Waals surface area (Å²) in [6.07, 6.45) is 5.56. The quantitative estimate of drug-likeness (QED) is 0.528. The molecule has 0 N–H and O–H groups in total. The number of nitrogens with zero attached hydrogens (tertiary/aromatic N) is 2. The predicted octanol–water partition coefficient (Wildman–Crippen LogP) is 1.10. The topological polar surface area (TPSA) is 17.3 Å². The van der Waals surface area contributed by atoms with E-state index in [1.54, 1.807) is 0 Å². The lowest BCUT2D eigenvalue weighted by Gasteiger charge is -2.43. The van der Waals surface area contributed by atoms with Crippen LogP contribution in [0.3, 0.4) is 0 Å². The largest absolute Gasteiger partial charge is 0.306 e. The monoisotopic (exact) mass is 167 g/mol. The highest BCUT2D eigenvalue weighted by Crippen LogP contribution is 2.39. The first-order chi connectivity index (χ1) is 5.81. The van der Waals surface area contributed by atoms with Crippen LogP contribution in [-0.4, -0.2) is 38.1 Å². The number of hydrogen-bond acceptors (Lipinski definition) is 1. The molecule has 2 aliphatic heterocycles. The Bertz CT molecular complexity index is 140. The minimum absolute atomic E-state index is 0.703. The van der Waals surface area contributed by atoms with Crippen molar-refractivity contribution in [1.82, 2.24) is 10.2 Å². The van der Waals surface area contributed by atoms with Gasteiger partial charge >= 0.3 is 0 Å². The van der Waals surface area contributed by atoms with Crippen molar-refractivity contribution >= 4 is 0 Å². The lowest BCUT2D eigenvalue weighted by atomic mass is 9.72. The molecule has 0 bridgehead atoms. The molecule has 2 nitrogen and oxygen atoms in total. The molecule has 69 valence electrons. The van der Waals surface area contributed by atoms with E-state index in [1.165, 1.54) is 38.8 Å². The van der Waals surface area contributed by atoms with Gasteiger partial charge in [-0.1, -0.05) is 0 Å². The van der Waals surface area contributed by atoms with Crippen LogP contribution in [0.4, 0.5) is 0 Å². The zero-order chi connectivity index (χ0) is 8.44. The molecule has 0 aromatic heterocycles. The second-order valence-electron chi connectivity index (χ2n) is 4.47. The fraction of sp³-hybridized carbons (Fsp3) is 1.00. The molecule has 0 atom stereocenters. The van der Waals surface area contributed by atoms with E-state index < -0.39 is 0 Å². The Morgan fingerprint density at radius 3 is 2.17 bits per heavy atom. The third-order valence-electron chi connectivity index (χ3n) is 3.65. The van der Waals surface area contributed by atoms with Crippen molar-refractivity contribution in [1.29, 1.82) is 0 Å². The van der Waals surface area contributed by atoms with Crippen molar-refractivity contribution < 1.29 is 0 Å². The van der Waals surface area contributed by atoms with Crippen LogP contribution in [0, 0.1) is 5.41 Å². The molecule has 0 aromatic rings. The van der Waals surface area contributed by atoms with Gasteiger partial charge in [0.1, 0.15) is 0 Å². The summed E-state index contributed by atoms with van der Waals surface area (Å²) in [5.74, 6) is 0. The van der Waals surface area contributed by atoms with E-state index in [4.69, 9.17) is 0 Å². The average molecular weight is 167 g/mol. The molecule has 0 saturated carbocycles. The standard InChI is InChI=1S/C10H19N2/c1-12-8-4-10(5-9-12)2-6-11-7-3-10/h2-9H2,1H3. The lowest BCUT2D eigenvalue weighted by Crippen LogP contribution is -2.42. The number of rotatable bonds is 0. The predicted molar refractivity (Wildman–Crippen MR) is 50.3 cm³/mol. The van der Waals surface area contributed by atoms with Gasteiger partial charge in [0.2, 0.25) is 0 Å². The van der Waals surface area contributed by atoms with Gasteiger partial charge in [-0.25, -0.2) is 5.32 Å². The Morgan fingerprint density at radius 2 is 1.58 bits per heavy atom. The SMILES string of the molecule is CN1CCC2(CC[N]CC2)CC1. The lowest BCUT2D eigenvalue weighted by molar-refractivity contribution is 0.0866. The summed E-state index contributed by atoms with van der Waals surface area (Å²) < 4.78 is 0. The van der Waals surface area contributed by atoms with Gasteiger partial charge in [-0.05, 0) is 51.2 Å². The summed E-state index contributed by atoms with van der Waals surface area (Å²) in [5.41, 5.74) is 0.703. The molecule has 2 heterocycles. The summed E-state index contributed by atoms with van der Waals surface area (Å²) in [4.78, 5) is 2.46. The molecule has 2 saturated heterocycles. The molecular formula is C10H19N2. The molecule has 1 spiro atoms. The molecule has 0 aromatic carbocycles. The Labute approximate surface area is 75.3 Å². The zero-order valence-electron chi connectivity index (χ0n) is 8.05. The molecule has 2 fully saturated rings. The van der Waals surface area contributed by atoms with Crippen LogP contribution in [0.1, 0.15) is 25.7 Å². The number of hydrogen-bond donors (Lipinski definition) is 0. The van der Waals surface area contributed by atoms with Gasteiger partial charge in [-0.3, -0.25) is 0 Å². The molecule has 2 heteroatoms. The van der Waals surface area contributed by atoms with Crippen molar-refractivity contribution in [3.8, 4) is 0 Å². The maximum absolute atomic E-state index is 4.43. The summed E-state index contributed by atoms with van der Waals surface area (Å²) in [6, 6.07) is 0. The highest BCUT2D eigenvalue weighted by Gasteiger charge is 2.34. The molecule has 0 unspecified atom stereocenters. The van der Waals surface area contributed by atoms with Gasteiger partial charge < -0.3 is 4.90 Å². The minimum atomic E-state index is 0.703. The van der Waals surface area contributed by atoms with Gasteiger partial charge in [0, 0.05) is 13.1 Å². The Morgan fingerprint density at radius 1 is 1.00 bits per heavy atom. The maximum atomic E-state index is 4.43.